The van der Waals surface area contributed by atoms with Gasteiger partial charge in [0.05, 0.1) is 13.2 Å². The predicted octanol–water partition coefficient (Wildman–Crippen LogP) is 7.33. The summed E-state index contributed by atoms with van der Waals surface area (Å²) in [5, 5.41) is 18.5. The molecule has 206 valence electrons. The highest BCUT2D eigenvalue weighted by molar-refractivity contribution is 5.75. The Labute approximate surface area is 239 Å². The SMILES string of the molecule is CCN(CCO)c1ccc(/C=C/c2ccc(-c3ccc(/C=C/c4ccc(N(CC)CCO)cc4)cc3)cc2)cc1. The lowest BCUT2D eigenvalue weighted by molar-refractivity contribution is 0.302. The summed E-state index contributed by atoms with van der Waals surface area (Å²) in [7, 11) is 0. The molecule has 4 rings (SSSR count). The Morgan fingerprint density at radius 2 is 0.725 bits per heavy atom. The van der Waals surface area contributed by atoms with Crippen LogP contribution in [0.15, 0.2) is 97.1 Å². The maximum atomic E-state index is 9.24. The Balaban J connectivity index is 1.34. The summed E-state index contributed by atoms with van der Waals surface area (Å²) in [6.45, 7) is 7.57. The van der Waals surface area contributed by atoms with Gasteiger partial charge in [0.15, 0.2) is 0 Å². The topological polar surface area (TPSA) is 46.9 Å². The molecule has 0 spiro atoms. The highest BCUT2D eigenvalue weighted by Gasteiger charge is 2.04. The van der Waals surface area contributed by atoms with Crippen LogP contribution in [0.5, 0.6) is 0 Å². The molecule has 2 N–H and O–H groups in total. The third kappa shape index (κ3) is 7.95. The molecule has 0 saturated heterocycles. The molecule has 0 heterocycles. The van der Waals surface area contributed by atoms with Crippen LogP contribution in [0.2, 0.25) is 0 Å². The molecular weight excluding hydrogens is 492 g/mol. The second-order valence-corrected chi connectivity index (χ2v) is 9.70. The Morgan fingerprint density at radius 3 is 0.975 bits per heavy atom. The summed E-state index contributed by atoms with van der Waals surface area (Å²) in [5.74, 6) is 0. The van der Waals surface area contributed by atoms with Crippen LogP contribution in [0.3, 0.4) is 0 Å². The molecule has 0 aliphatic carbocycles. The van der Waals surface area contributed by atoms with Crippen molar-refractivity contribution in [1.29, 1.82) is 0 Å². The predicted molar refractivity (Wildman–Crippen MR) is 173 cm³/mol. The molecular formula is C36H40N2O2. The highest BCUT2D eigenvalue weighted by atomic mass is 16.3. The van der Waals surface area contributed by atoms with Crippen molar-refractivity contribution in [3.8, 4) is 11.1 Å². The third-order valence-electron chi connectivity index (χ3n) is 7.11. The van der Waals surface area contributed by atoms with E-state index >= 15 is 0 Å². The van der Waals surface area contributed by atoms with E-state index in [1.165, 1.54) is 11.1 Å². The second-order valence-electron chi connectivity index (χ2n) is 9.70. The van der Waals surface area contributed by atoms with Crippen LogP contribution in [-0.4, -0.2) is 49.6 Å². The first-order valence-electron chi connectivity index (χ1n) is 14.1. The number of anilines is 2. The zero-order valence-electron chi connectivity index (χ0n) is 23.6. The molecule has 0 saturated carbocycles. The summed E-state index contributed by atoms with van der Waals surface area (Å²) >= 11 is 0. The number of nitrogens with zero attached hydrogens (tertiary/aromatic N) is 2. The van der Waals surface area contributed by atoms with Crippen LogP contribution >= 0.6 is 0 Å². The number of aliphatic hydroxyl groups excluding tert-OH is 2. The molecule has 0 amide bonds. The fourth-order valence-corrected chi connectivity index (χ4v) is 4.73. The summed E-state index contributed by atoms with van der Waals surface area (Å²) in [5.41, 5.74) is 9.27. The van der Waals surface area contributed by atoms with Crippen molar-refractivity contribution in [3.05, 3.63) is 119 Å². The van der Waals surface area contributed by atoms with Gasteiger partial charge in [0.1, 0.15) is 0 Å². The lowest BCUT2D eigenvalue weighted by Crippen LogP contribution is -2.25. The number of likely N-dealkylation sites (N-methyl/N-ethyl adjacent to an activating group) is 2. The van der Waals surface area contributed by atoms with Crippen molar-refractivity contribution in [3.63, 3.8) is 0 Å². The van der Waals surface area contributed by atoms with Gasteiger partial charge in [-0.05, 0) is 71.5 Å². The Bertz CT molecular complexity index is 1250. The largest absolute Gasteiger partial charge is 0.395 e. The van der Waals surface area contributed by atoms with E-state index in [0.717, 1.165) is 46.7 Å². The molecule has 0 unspecified atom stereocenters. The first-order chi connectivity index (χ1) is 19.6. The van der Waals surface area contributed by atoms with Crippen molar-refractivity contribution in [2.75, 3.05) is 49.2 Å². The van der Waals surface area contributed by atoms with Gasteiger partial charge in [-0.2, -0.15) is 0 Å². The molecule has 4 aromatic carbocycles. The van der Waals surface area contributed by atoms with Gasteiger partial charge in [-0.15, -0.1) is 0 Å². The number of aliphatic hydroxyl groups is 2. The van der Waals surface area contributed by atoms with E-state index in [-0.39, 0.29) is 13.2 Å². The van der Waals surface area contributed by atoms with Gasteiger partial charge < -0.3 is 20.0 Å². The fourth-order valence-electron chi connectivity index (χ4n) is 4.73. The average molecular weight is 533 g/mol. The van der Waals surface area contributed by atoms with Crippen LogP contribution in [0.4, 0.5) is 11.4 Å². The van der Waals surface area contributed by atoms with Gasteiger partial charge >= 0.3 is 0 Å². The van der Waals surface area contributed by atoms with Gasteiger partial charge in [-0.3, -0.25) is 0 Å². The molecule has 4 nitrogen and oxygen atoms in total. The van der Waals surface area contributed by atoms with Gasteiger partial charge in [0, 0.05) is 37.6 Å². The average Bonchev–Trinajstić information content (AvgIpc) is 3.01. The van der Waals surface area contributed by atoms with E-state index in [0.29, 0.717) is 13.1 Å². The van der Waals surface area contributed by atoms with Gasteiger partial charge in [0.25, 0.3) is 0 Å². The molecule has 0 aromatic heterocycles. The van der Waals surface area contributed by atoms with Crippen molar-refractivity contribution < 1.29 is 10.2 Å². The van der Waals surface area contributed by atoms with Crippen molar-refractivity contribution in [1.82, 2.24) is 0 Å². The Hall–Kier alpha value is -4.12. The molecule has 0 aliphatic rings. The number of hydrogen-bond acceptors (Lipinski definition) is 4. The molecule has 40 heavy (non-hydrogen) atoms. The van der Waals surface area contributed by atoms with Crippen LogP contribution in [0.25, 0.3) is 35.4 Å². The maximum absolute atomic E-state index is 9.24. The molecule has 4 heteroatoms. The molecule has 0 aliphatic heterocycles. The second kappa shape index (κ2) is 14.9. The van der Waals surface area contributed by atoms with Crippen molar-refractivity contribution >= 4 is 35.7 Å². The summed E-state index contributed by atoms with van der Waals surface area (Å²) in [4.78, 5) is 4.32. The summed E-state index contributed by atoms with van der Waals surface area (Å²) in [6.07, 6.45) is 8.53. The standard InChI is InChI=1S/C36H40N2O2/c1-3-37(25-27-39)35-21-13-31(14-22-35)7-5-29-9-17-33(18-10-29)34-19-11-30(12-20-34)6-8-32-15-23-36(24-16-32)38(4-2)26-28-40/h5-24,39-40H,3-4,25-28H2,1-2H3/b7-5+,8-6+. The lowest BCUT2D eigenvalue weighted by Gasteiger charge is -2.21. The van der Waals surface area contributed by atoms with E-state index in [1.807, 2.05) is 0 Å². The Kier molecular flexibility index (Phi) is 10.7. The normalized spacial score (nSPS) is 11.4. The number of hydrogen-bond donors (Lipinski definition) is 2. The first kappa shape index (κ1) is 28.9. The lowest BCUT2D eigenvalue weighted by atomic mass is 10.0. The van der Waals surface area contributed by atoms with Crippen LogP contribution in [0, 0.1) is 0 Å². The van der Waals surface area contributed by atoms with Crippen LogP contribution in [-0.2, 0) is 0 Å². The molecule has 0 atom stereocenters. The van der Waals surface area contributed by atoms with Crippen LogP contribution in [0.1, 0.15) is 36.1 Å². The van der Waals surface area contributed by atoms with Crippen LogP contribution < -0.4 is 9.80 Å². The maximum Gasteiger partial charge on any atom is 0.0606 e. The number of rotatable bonds is 13. The smallest absolute Gasteiger partial charge is 0.0606 e. The van der Waals surface area contributed by atoms with E-state index in [2.05, 4.69) is 145 Å². The molecule has 4 aromatic rings. The van der Waals surface area contributed by atoms with Crippen molar-refractivity contribution in [2.24, 2.45) is 0 Å². The minimum Gasteiger partial charge on any atom is -0.395 e. The fraction of sp³-hybridized carbons (Fsp3) is 0.222. The van der Waals surface area contributed by atoms with Gasteiger partial charge in [0.2, 0.25) is 0 Å². The zero-order chi connectivity index (χ0) is 28.2. The van der Waals surface area contributed by atoms with Gasteiger partial charge in [-0.1, -0.05) is 97.1 Å². The monoisotopic (exact) mass is 532 g/mol. The third-order valence-corrected chi connectivity index (χ3v) is 7.11. The first-order valence-corrected chi connectivity index (χ1v) is 14.1. The van der Waals surface area contributed by atoms with Crippen molar-refractivity contribution in [2.45, 2.75) is 13.8 Å². The van der Waals surface area contributed by atoms with Gasteiger partial charge in [-0.25, -0.2) is 0 Å². The highest BCUT2D eigenvalue weighted by Crippen LogP contribution is 2.23. The van der Waals surface area contributed by atoms with E-state index < -0.39 is 0 Å². The minimum atomic E-state index is 0.160. The quantitative estimate of drug-likeness (QED) is 0.177. The van der Waals surface area contributed by atoms with E-state index in [1.54, 1.807) is 0 Å². The minimum absolute atomic E-state index is 0.160. The Morgan fingerprint density at radius 1 is 0.450 bits per heavy atom. The summed E-state index contributed by atoms with van der Waals surface area (Å²) in [6, 6.07) is 34.2. The molecule has 0 bridgehead atoms. The molecule has 0 fully saturated rings. The zero-order valence-corrected chi connectivity index (χ0v) is 23.6. The number of benzene rings is 4. The van der Waals surface area contributed by atoms with E-state index in [9.17, 15) is 10.2 Å². The summed E-state index contributed by atoms with van der Waals surface area (Å²) < 4.78 is 0. The molecule has 0 radical (unpaired) electrons. The van der Waals surface area contributed by atoms with E-state index in [4.69, 9.17) is 0 Å².